The van der Waals surface area contributed by atoms with Gasteiger partial charge in [0.2, 0.25) is 5.91 Å². The van der Waals surface area contributed by atoms with E-state index in [0.29, 0.717) is 35.4 Å². The number of para-hydroxylation sites is 2. The number of carbonyl (C=O) groups is 2. The zero-order valence-corrected chi connectivity index (χ0v) is 16.5. The monoisotopic (exact) mass is 396 g/mol. The Bertz CT molecular complexity index is 1210. The van der Waals surface area contributed by atoms with E-state index in [1.54, 1.807) is 17.0 Å². The summed E-state index contributed by atoms with van der Waals surface area (Å²) in [5.41, 5.74) is 8.23. The number of rotatable bonds is 1. The van der Waals surface area contributed by atoms with Gasteiger partial charge in [-0.3, -0.25) is 14.5 Å². The minimum absolute atomic E-state index is 0.0930. The Balaban J connectivity index is 1.90. The van der Waals surface area contributed by atoms with Crippen LogP contribution in [-0.2, 0) is 15.0 Å². The molecule has 0 radical (unpaired) electrons. The van der Waals surface area contributed by atoms with Gasteiger partial charge in [0, 0.05) is 34.6 Å². The molecule has 2 aliphatic heterocycles. The third kappa shape index (κ3) is 2.17. The molecule has 2 aromatic carbocycles. The highest BCUT2D eigenvalue weighted by Gasteiger charge is 2.60. The summed E-state index contributed by atoms with van der Waals surface area (Å²) in [5, 5.41) is 13.1. The maximum absolute atomic E-state index is 13.5. The largest absolute Gasteiger partial charge is 0.384 e. The Morgan fingerprint density at radius 2 is 1.80 bits per heavy atom. The molecular weight excluding hydrogens is 376 g/mol. The van der Waals surface area contributed by atoms with E-state index >= 15 is 0 Å². The molecule has 30 heavy (non-hydrogen) atoms. The van der Waals surface area contributed by atoms with Crippen LogP contribution >= 0.6 is 0 Å². The molecule has 2 atom stereocenters. The summed E-state index contributed by atoms with van der Waals surface area (Å²) < 4.78 is 0. The third-order valence-corrected chi connectivity index (χ3v) is 6.21. The van der Waals surface area contributed by atoms with Gasteiger partial charge in [0.25, 0.3) is 0 Å². The highest BCUT2D eigenvalue weighted by molar-refractivity contribution is 6.19. The summed E-state index contributed by atoms with van der Waals surface area (Å²) in [7, 11) is 0. The van der Waals surface area contributed by atoms with E-state index in [-0.39, 0.29) is 23.1 Å². The van der Waals surface area contributed by atoms with E-state index in [1.165, 1.54) is 0 Å². The van der Waals surface area contributed by atoms with Gasteiger partial charge < -0.3 is 11.1 Å². The predicted octanol–water partition coefficient (Wildman–Crippen LogP) is 3.34. The number of nitrogens with zero attached hydrogens (tertiary/aromatic N) is 2. The number of ketones is 1. The molecule has 148 valence electrons. The van der Waals surface area contributed by atoms with Crippen molar-refractivity contribution in [3.05, 3.63) is 82.8 Å². The molecule has 3 N–H and O–H groups in total. The van der Waals surface area contributed by atoms with Crippen molar-refractivity contribution >= 4 is 23.1 Å². The van der Waals surface area contributed by atoms with Crippen LogP contribution in [0.4, 0.5) is 11.4 Å². The van der Waals surface area contributed by atoms with E-state index in [0.717, 1.165) is 5.69 Å². The first-order valence-corrected chi connectivity index (χ1v) is 9.93. The quantitative estimate of drug-likeness (QED) is 0.770. The number of carbonyl (C=O) groups excluding carboxylic acids is 2. The Morgan fingerprint density at radius 1 is 1.10 bits per heavy atom. The fraction of sp³-hybridized carbons (Fsp3) is 0.208. The van der Waals surface area contributed by atoms with Crippen LogP contribution in [0.1, 0.15) is 25.3 Å². The lowest BCUT2D eigenvalue weighted by Crippen LogP contribution is -2.51. The van der Waals surface area contributed by atoms with E-state index in [2.05, 4.69) is 11.4 Å². The molecule has 0 bridgehead atoms. The Kier molecular flexibility index (Phi) is 3.84. The topological polar surface area (TPSA) is 99.2 Å². The molecule has 1 aliphatic carbocycles. The molecule has 2 heterocycles. The number of anilines is 2. The normalized spacial score (nSPS) is 25.2. The predicted molar refractivity (Wildman–Crippen MR) is 113 cm³/mol. The number of nitrogens with two attached hydrogens (primary N) is 1. The van der Waals surface area contributed by atoms with Crippen molar-refractivity contribution in [3.8, 4) is 6.07 Å². The van der Waals surface area contributed by atoms with E-state index in [9.17, 15) is 14.9 Å². The van der Waals surface area contributed by atoms with Crippen molar-refractivity contribution in [3.63, 3.8) is 0 Å². The molecule has 6 heteroatoms. The van der Waals surface area contributed by atoms with Crippen LogP contribution < -0.4 is 16.0 Å². The van der Waals surface area contributed by atoms with Crippen LogP contribution in [0.2, 0.25) is 0 Å². The average Bonchev–Trinajstić information content (AvgIpc) is 3.01. The van der Waals surface area contributed by atoms with Crippen LogP contribution in [0, 0.1) is 17.2 Å². The zero-order chi connectivity index (χ0) is 21.0. The van der Waals surface area contributed by atoms with Crippen LogP contribution in [0.3, 0.4) is 0 Å². The number of benzene rings is 2. The third-order valence-electron chi connectivity index (χ3n) is 6.21. The lowest BCUT2D eigenvalue weighted by Gasteiger charge is -2.44. The minimum atomic E-state index is -1.51. The fourth-order valence-electron chi connectivity index (χ4n) is 5.05. The standard InChI is InChI=1S/C24H20N4O2/c1-14-11-19-21(20(29)12-14)24(16-9-5-6-10-18(16)27-23(24)30)17(13-25)22(26)28(19)15-7-3-2-4-8-15/h2-10,14H,11-12,26H2,1H3,(H,27,30). The molecule has 6 nitrogen and oxygen atoms in total. The number of amides is 1. The van der Waals surface area contributed by atoms with Crippen LogP contribution in [0.5, 0.6) is 0 Å². The molecule has 3 aliphatic rings. The SMILES string of the molecule is CC1CC(=O)C2=C(C1)N(c1ccccc1)C(N)=C(C#N)C21C(=O)Nc2ccccc21. The van der Waals surface area contributed by atoms with Gasteiger partial charge in [0.15, 0.2) is 5.78 Å². The first kappa shape index (κ1) is 18.2. The molecule has 1 spiro atoms. The fourth-order valence-corrected chi connectivity index (χ4v) is 5.05. The number of allylic oxidation sites excluding steroid dienone is 1. The van der Waals surface area contributed by atoms with Gasteiger partial charge in [-0.2, -0.15) is 5.26 Å². The van der Waals surface area contributed by atoms with Gasteiger partial charge in [0.05, 0.1) is 5.57 Å². The van der Waals surface area contributed by atoms with Gasteiger partial charge in [-0.15, -0.1) is 0 Å². The second-order valence-corrected chi connectivity index (χ2v) is 8.05. The first-order valence-electron chi connectivity index (χ1n) is 9.93. The number of hydrogen-bond donors (Lipinski definition) is 2. The molecule has 0 fully saturated rings. The molecule has 5 rings (SSSR count). The Labute approximate surface area is 174 Å². The number of fused-ring (bicyclic) bond motifs is 3. The van der Waals surface area contributed by atoms with Crippen LogP contribution in [0.25, 0.3) is 0 Å². The average molecular weight is 396 g/mol. The molecule has 2 unspecified atom stereocenters. The summed E-state index contributed by atoms with van der Waals surface area (Å²) >= 11 is 0. The summed E-state index contributed by atoms with van der Waals surface area (Å²) in [4.78, 5) is 28.7. The van der Waals surface area contributed by atoms with Crippen molar-refractivity contribution < 1.29 is 9.59 Å². The van der Waals surface area contributed by atoms with Gasteiger partial charge in [-0.05, 0) is 30.5 Å². The van der Waals surface area contributed by atoms with Crippen LogP contribution in [-0.4, -0.2) is 11.7 Å². The van der Waals surface area contributed by atoms with Crippen molar-refractivity contribution in [2.24, 2.45) is 11.7 Å². The van der Waals surface area contributed by atoms with E-state index < -0.39 is 11.3 Å². The van der Waals surface area contributed by atoms with Crippen molar-refractivity contribution in [2.45, 2.75) is 25.2 Å². The van der Waals surface area contributed by atoms with Gasteiger partial charge in [0.1, 0.15) is 17.3 Å². The van der Waals surface area contributed by atoms with Crippen molar-refractivity contribution in [2.75, 3.05) is 10.2 Å². The van der Waals surface area contributed by atoms with E-state index in [4.69, 9.17) is 5.73 Å². The maximum atomic E-state index is 13.5. The summed E-state index contributed by atoms with van der Waals surface area (Å²) in [5.74, 6) is -0.213. The lowest BCUT2D eigenvalue weighted by atomic mass is 9.63. The van der Waals surface area contributed by atoms with Gasteiger partial charge in [-0.1, -0.05) is 43.3 Å². The molecule has 2 aromatic rings. The minimum Gasteiger partial charge on any atom is -0.384 e. The number of nitrogens with one attached hydrogen (secondary N) is 1. The molecule has 0 aromatic heterocycles. The Hall–Kier alpha value is -3.85. The zero-order valence-electron chi connectivity index (χ0n) is 16.5. The highest BCUT2D eigenvalue weighted by atomic mass is 16.2. The first-order chi connectivity index (χ1) is 14.5. The number of hydrogen-bond acceptors (Lipinski definition) is 5. The molecule has 0 saturated heterocycles. The second-order valence-electron chi connectivity index (χ2n) is 8.05. The highest BCUT2D eigenvalue weighted by Crippen LogP contribution is 2.55. The maximum Gasteiger partial charge on any atom is 0.245 e. The number of nitriles is 1. The summed E-state index contributed by atoms with van der Waals surface area (Å²) in [6.07, 6.45) is 0.920. The Morgan fingerprint density at radius 3 is 2.53 bits per heavy atom. The summed E-state index contributed by atoms with van der Waals surface area (Å²) in [6, 6.07) is 18.8. The smallest absolute Gasteiger partial charge is 0.245 e. The van der Waals surface area contributed by atoms with Gasteiger partial charge >= 0.3 is 0 Å². The van der Waals surface area contributed by atoms with Crippen molar-refractivity contribution in [1.29, 1.82) is 5.26 Å². The molecule has 1 amide bonds. The lowest BCUT2D eigenvalue weighted by molar-refractivity contribution is -0.123. The van der Waals surface area contributed by atoms with Crippen LogP contribution in [0.15, 0.2) is 77.3 Å². The second kappa shape index (κ2) is 6.33. The van der Waals surface area contributed by atoms with E-state index in [1.807, 2.05) is 49.4 Å². The summed E-state index contributed by atoms with van der Waals surface area (Å²) in [6.45, 7) is 2.01. The molecule has 0 saturated carbocycles. The van der Waals surface area contributed by atoms with Gasteiger partial charge in [-0.25, -0.2) is 0 Å². The molecular formula is C24H20N4O2. The number of Topliss-reactive ketones (excluding diaryl/α,β-unsaturated/α-hetero) is 1. The van der Waals surface area contributed by atoms with Crippen molar-refractivity contribution in [1.82, 2.24) is 0 Å².